The Labute approximate surface area is 238 Å². The number of amides is 2. The van der Waals surface area contributed by atoms with Gasteiger partial charge < -0.3 is 19.1 Å². The molecule has 0 radical (unpaired) electrons. The molecule has 9 heteroatoms. The lowest BCUT2D eigenvalue weighted by Crippen LogP contribution is -2.46. The highest BCUT2D eigenvalue weighted by molar-refractivity contribution is 6.30. The van der Waals surface area contributed by atoms with E-state index in [9.17, 15) is 9.59 Å². The Balaban J connectivity index is 1.28. The van der Waals surface area contributed by atoms with Crippen LogP contribution in [0.5, 0.6) is 0 Å². The summed E-state index contributed by atoms with van der Waals surface area (Å²) in [5.74, 6) is 0.430. The minimum Gasteiger partial charge on any atom is -0.367 e. The lowest BCUT2D eigenvalue weighted by atomic mass is 10.0. The summed E-state index contributed by atoms with van der Waals surface area (Å²) >= 11 is 6.01. The fourth-order valence-electron chi connectivity index (χ4n) is 4.79. The van der Waals surface area contributed by atoms with Crippen molar-refractivity contribution in [1.29, 1.82) is 0 Å². The third-order valence-corrected chi connectivity index (χ3v) is 7.14. The van der Waals surface area contributed by atoms with Gasteiger partial charge in [-0.3, -0.25) is 9.59 Å². The van der Waals surface area contributed by atoms with Gasteiger partial charge in [0.1, 0.15) is 19.2 Å². The Bertz CT molecular complexity index is 1400. The summed E-state index contributed by atoms with van der Waals surface area (Å²) in [6, 6.07) is 26.2. The van der Waals surface area contributed by atoms with Gasteiger partial charge in [-0.1, -0.05) is 77.4 Å². The first-order valence-corrected chi connectivity index (χ1v) is 13.8. The molecule has 1 saturated heterocycles. The van der Waals surface area contributed by atoms with E-state index < -0.39 is 0 Å². The Kier molecular flexibility index (Phi) is 9.21. The van der Waals surface area contributed by atoms with Gasteiger partial charge in [-0.15, -0.1) is 0 Å². The number of hydrogen-bond acceptors (Lipinski definition) is 6. The van der Waals surface area contributed by atoms with Crippen molar-refractivity contribution in [3.05, 3.63) is 107 Å². The number of ether oxygens (including phenoxy) is 1. The fourth-order valence-corrected chi connectivity index (χ4v) is 4.91. The molecule has 3 aromatic carbocycles. The molecule has 0 bridgehead atoms. The Morgan fingerprint density at radius 1 is 0.950 bits per heavy atom. The quantitative estimate of drug-likeness (QED) is 0.248. The zero-order valence-corrected chi connectivity index (χ0v) is 22.9. The molecule has 8 nitrogen and oxygen atoms in total. The van der Waals surface area contributed by atoms with E-state index in [1.165, 1.54) is 0 Å². The third-order valence-electron chi connectivity index (χ3n) is 6.88. The van der Waals surface area contributed by atoms with E-state index in [1.807, 2.05) is 72.8 Å². The average Bonchev–Trinajstić information content (AvgIpc) is 3.48. The summed E-state index contributed by atoms with van der Waals surface area (Å²) in [6.07, 6.45) is 2.52. The molecule has 1 unspecified atom stereocenters. The average molecular weight is 559 g/mol. The van der Waals surface area contributed by atoms with E-state index in [0.29, 0.717) is 42.9 Å². The molecular formula is C31H31ClN4O4. The van der Waals surface area contributed by atoms with Crippen LogP contribution in [0.1, 0.15) is 42.3 Å². The van der Waals surface area contributed by atoms with Crippen molar-refractivity contribution in [3.8, 4) is 11.4 Å². The van der Waals surface area contributed by atoms with Crippen molar-refractivity contribution < 1.29 is 18.8 Å². The predicted molar refractivity (Wildman–Crippen MR) is 151 cm³/mol. The maximum Gasteiger partial charge on any atom is 0.249 e. The standard InChI is InChI=1S/C31H31ClN4O4/c32-26-16-14-25(15-17-26)30-33-31(40-34-30)27-13-7-8-18-36(27)28(37)20-35(19-23-9-3-1-4-10-23)29(38)22-39-21-24-11-5-2-6-12-24/h1-6,9-12,14-17,27H,7-8,13,18-22H2. The lowest BCUT2D eigenvalue weighted by Gasteiger charge is -2.35. The maximum atomic E-state index is 13.7. The van der Waals surface area contributed by atoms with E-state index in [2.05, 4.69) is 10.1 Å². The molecule has 1 aromatic heterocycles. The number of halogens is 1. The van der Waals surface area contributed by atoms with E-state index in [0.717, 1.165) is 29.5 Å². The SMILES string of the molecule is O=C(COCc1ccccc1)N(CC(=O)N1CCCCC1c1nc(-c2ccc(Cl)cc2)no1)Cc1ccccc1. The van der Waals surface area contributed by atoms with Crippen LogP contribution in [-0.4, -0.2) is 51.5 Å². The van der Waals surface area contributed by atoms with Crippen LogP contribution in [-0.2, 0) is 27.5 Å². The second-order valence-corrected chi connectivity index (χ2v) is 10.2. The van der Waals surface area contributed by atoms with Gasteiger partial charge in [-0.25, -0.2) is 0 Å². The van der Waals surface area contributed by atoms with E-state index in [1.54, 1.807) is 21.9 Å². The Hall–Kier alpha value is -4.01. The molecule has 2 heterocycles. The van der Waals surface area contributed by atoms with Crippen molar-refractivity contribution in [1.82, 2.24) is 19.9 Å². The largest absolute Gasteiger partial charge is 0.367 e. The molecule has 0 N–H and O–H groups in total. The van der Waals surface area contributed by atoms with Crippen molar-refractivity contribution in [3.63, 3.8) is 0 Å². The van der Waals surface area contributed by atoms with Crippen molar-refractivity contribution in [2.45, 2.75) is 38.5 Å². The predicted octanol–water partition coefficient (Wildman–Crippen LogP) is 5.69. The van der Waals surface area contributed by atoms with Crippen LogP contribution >= 0.6 is 11.6 Å². The molecule has 5 rings (SSSR count). The molecule has 1 aliphatic heterocycles. The van der Waals surface area contributed by atoms with Gasteiger partial charge in [-0.05, 0) is 54.7 Å². The molecule has 1 fully saturated rings. The number of piperidine rings is 1. The van der Waals surface area contributed by atoms with E-state index in [-0.39, 0.29) is 31.0 Å². The maximum absolute atomic E-state index is 13.7. The van der Waals surface area contributed by atoms with Gasteiger partial charge in [0.25, 0.3) is 0 Å². The number of carbonyl (C=O) groups excluding carboxylic acids is 2. The summed E-state index contributed by atoms with van der Waals surface area (Å²) in [5.41, 5.74) is 2.70. The van der Waals surface area contributed by atoms with E-state index >= 15 is 0 Å². The molecule has 206 valence electrons. The second-order valence-electron chi connectivity index (χ2n) is 9.78. The second kappa shape index (κ2) is 13.4. The highest BCUT2D eigenvalue weighted by Crippen LogP contribution is 2.31. The van der Waals surface area contributed by atoms with Crippen molar-refractivity contribution in [2.75, 3.05) is 19.7 Å². The highest BCUT2D eigenvalue weighted by atomic mass is 35.5. The number of hydrogen-bond donors (Lipinski definition) is 0. The van der Waals surface area contributed by atoms with Gasteiger partial charge in [0.05, 0.1) is 6.61 Å². The van der Waals surface area contributed by atoms with Crippen LogP contribution in [0.4, 0.5) is 0 Å². The molecule has 4 aromatic rings. The fraction of sp³-hybridized carbons (Fsp3) is 0.290. The zero-order valence-electron chi connectivity index (χ0n) is 22.1. The van der Waals surface area contributed by atoms with Crippen LogP contribution in [0.2, 0.25) is 5.02 Å². The summed E-state index contributed by atoms with van der Waals surface area (Å²) < 4.78 is 11.3. The zero-order chi connectivity index (χ0) is 27.7. The molecule has 0 saturated carbocycles. The van der Waals surface area contributed by atoms with Crippen LogP contribution < -0.4 is 0 Å². The number of benzene rings is 3. The number of rotatable bonds is 10. The molecule has 0 spiro atoms. The minimum absolute atomic E-state index is 0.0723. The van der Waals surface area contributed by atoms with Gasteiger partial charge in [0, 0.05) is 23.7 Å². The molecule has 1 aliphatic rings. The van der Waals surface area contributed by atoms with Crippen molar-refractivity contribution >= 4 is 23.4 Å². The number of nitrogens with zero attached hydrogens (tertiary/aromatic N) is 4. The first-order valence-electron chi connectivity index (χ1n) is 13.4. The smallest absolute Gasteiger partial charge is 0.249 e. The van der Waals surface area contributed by atoms with E-state index in [4.69, 9.17) is 20.9 Å². The van der Waals surface area contributed by atoms with Crippen molar-refractivity contribution in [2.24, 2.45) is 0 Å². The first-order chi connectivity index (χ1) is 19.6. The molecule has 0 aliphatic carbocycles. The Morgan fingerprint density at radius 2 is 1.65 bits per heavy atom. The molecule has 1 atom stereocenters. The first kappa shape index (κ1) is 27.6. The third kappa shape index (κ3) is 7.14. The number of carbonyl (C=O) groups is 2. The molecule has 40 heavy (non-hydrogen) atoms. The Morgan fingerprint density at radius 3 is 2.38 bits per heavy atom. The minimum atomic E-state index is -0.349. The highest BCUT2D eigenvalue weighted by Gasteiger charge is 2.33. The van der Waals surface area contributed by atoms with Crippen LogP contribution in [0.25, 0.3) is 11.4 Å². The summed E-state index contributed by atoms with van der Waals surface area (Å²) in [7, 11) is 0. The topological polar surface area (TPSA) is 88.8 Å². The van der Waals surface area contributed by atoms with Crippen LogP contribution in [0, 0.1) is 0 Å². The molecule has 2 amide bonds. The number of aromatic nitrogens is 2. The summed E-state index contributed by atoms with van der Waals surface area (Å²) in [5, 5.41) is 4.76. The summed E-state index contributed by atoms with van der Waals surface area (Å²) in [4.78, 5) is 34.9. The van der Waals surface area contributed by atoms with Gasteiger partial charge in [0.15, 0.2) is 0 Å². The monoisotopic (exact) mass is 558 g/mol. The van der Waals surface area contributed by atoms with Gasteiger partial charge in [0.2, 0.25) is 23.5 Å². The van der Waals surface area contributed by atoms with Gasteiger partial charge in [-0.2, -0.15) is 4.98 Å². The van der Waals surface area contributed by atoms with Crippen LogP contribution in [0.3, 0.4) is 0 Å². The normalized spacial score (nSPS) is 15.1. The van der Waals surface area contributed by atoms with Crippen LogP contribution in [0.15, 0.2) is 89.5 Å². The lowest BCUT2D eigenvalue weighted by molar-refractivity contribution is -0.146. The number of likely N-dealkylation sites (tertiary alicyclic amines) is 1. The summed E-state index contributed by atoms with van der Waals surface area (Å²) in [6.45, 7) is 0.991. The molecular weight excluding hydrogens is 528 g/mol. The van der Waals surface area contributed by atoms with Gasteiger partial charge >= 0.3 is 0 Å².